The third kappa shape index (κ3) is 4.46. The van der Waals surface area contributed by atoms with Gasteiger partial charge in [-0.05, 0) is 42.2 Å². The standard InChI is InChI=1S/C25H26N6S/c26-32-31-15-12-19(13-16-31)24-29-22-11-6-10-21(18-7-2-1-3-8-18)23(22)25(30-24)28-17-20-9-4-5-14-27-20/h1-11,14,19H,12-13,15-17,26H2,(H,28,29,30). The lowest BCUT2D eigenvalue weighted by atomic mass is 9.96. The van der Waals surface area contributed by atoms with E-state index in [1.165, 1.54) is 12.1 Å². The molecule has 6 nitrogen and oxygen atoms in total. The molecule has 0 spiro atoms. The molecule has 0 amide bonds. The fraction of sp³-hybridized carbons (Fsp3) is 0.240. The van der Waals surface area contributed by atoms with Crippen LogP contribution in [0.15, 0.2) is 72.9 Å². The van der Waals surface area contributed by atoms with Gasteiger partial charge in [-0.2, -0.15) is 0 Å². The molecule has 162 valence electrons. The maximum Gasteiger partial charge on any atom is 0.138 e. The minimum Gasteiger partial charge on any atom is -0.364 e. The quantitative estimate of drug-likeness (QED) is 0.407. The zero-order chi connectivity index (χ0) is 21.8. The Balaban J connectivity index is 1.57. The smallest absolute Gasteiger partial charge is 0.138 e. The van der Waals surface area contributed by atoms with Crippen molar-refractivity contribution >= 4 is 28.9 Å². The molecule has 0 saturated carbocycles. The van der Waals surface area contributed by atoms with E-state index in [9.17, 15) is 0 Å². The molecule has 1 saturated heterocycles. The van der Waals surface area contributed by atoms with Crippen molar-refractivity contribution in [2.45, 2.75) is 25.3 Å². The van der Waals surface area contributed by atoms with Gasteiger partial charge in [0.15, 0.2) is 0 Å². The number of aromatic nitrogens is 3. The van der Waals surface area contributed by atoms with Crippen molar-refractivity contribution in [2.24, 2.45) is 5.14 Å². The van der Waals surface area contributed by atoms with Gasteiger partial charge >= 0.3 is 0 Å². The van der Waals surface area contributed by atoms with Crippen LogP contribution in [-0.4, -0.2) is 32.3 Å². The second-order valence-corrected chi connectivity index (χ2v) is 8.71. The summed E-state index contributed by atoms with van der Waals surface area (Å²) in [5, 5.41) is 10.4. The van der Waals surface area contributed by atoms with Gasteiger partial charge in [-0.3, -0.25) is 10.1 Å². The Morgan fingerprint density at radius 1 is 0.938 bits per heavy atom. The first kappa shape index (κ1) is 20.9. The predicted octanol–water partition coefficient (Wildman–Crippen LogP) is 5.01. The molecule has 4 aromatic rings. The summed E-state index contributed by atoms with van der Waals surface area (Å²) in [7, 11) is 0. The second kappa shape index (κ2) is 9.65. The molecule has 1 fully saturated rings. The minimum absolute atomic E-state index is 0.332. The van der Waals surface area contributed by atoms with Gasteiger partial charge in [0.1, 0.15) is 11.6 Å². The van der Waals surface area contributed by atoms with E-state index in [1.807, 2.05) is 30.5 Å². The molecule has 0 aliphatic carbocycles. The van der Waals surface area contributed by atoms with E-state index in [2.05, 4.69) is 57.1 Å². The number of hydrogen-bond donors (Lipinski definition) is 2. The van der Waals surface area contributed by atoms with Crippen LogP contribution in [0.1, 0.15) is 30.3 Å². The number of rotatable bonds is 6. The molecule has 2 aromatic carbocycles. The number of hydrogen-bond acceptors (Lipinski definition) is 7. The molecule has 5 rings (SSSR count). The summed E-state index contributed by atoms with van der Waals surface area (Å²) in [4.78, 5) is 14.6. The lowest BCUT2D eigenvalue weighted by Gasteiger charge is -2.29. The van der Waals surface area contributed by atoms with Crippen LogP contribution in [-0.2, 0) is 6.54 Å². The molecular weight excluding hydrogens is 416 g/mol. The van der Waals surface area contributed by atoms with Gasteiger partial charge in [0.2, 0.25) is 0 Å². The molecule has 0 unspecified atom stereocenters. The maximum atomic E-state index is 5.75. The SMILES string of the molecule is NSN1CCC(c2nc(NCc3ccccn3)c3c(-c4ccccc4)cccc3n2)CC1. The zero-order valence-electron chi connectivity index (χ0n) is 17.8. The average molecular weight is 443 g/mol. The first-order valence-corrected chi connectivity index (χ1v) is 11.8. The summed E-state index contributed by atoms with van der Waals surface area (Å²) < 4.78 is 2.20. The molecule has 0 bridgehead atoms. The highest BCUT2D eigenvalue weighted by Crippen LogP contribution is 2.35. The summed E-state index contributed by atoms with van der Waals surface area (Å²) in [6.45, 7) is 2.51. The fourth-order valence-corrected chi connectivity index (χ4v) is 4.69. The highest BCUT2D eigenvalue weighted by molar-refractivity contribution is 7.94. The van der Waals surface area contributed by atoms with Crippen LogP contribution in [0.3, 0.4) is 0 Å². The van der Waals surface area contributed by atoms with E-state index < -0.39 is 0 Å². The Hall–Kier alpha value is -3.00. The van der Waals surface area contributed by atoms with Gasteiger partial charge in [0.05, 0.1) is 23.1 Å². The highest BCUT2D eigenvalue weighted by Gasteiger charge is 2.24. The first-order valence-electron chi connectivity index (χ1n) is 10.9. The molecule has 3 N–H and O–H groups in total. The van der Waals surface area contributed by atoms with Crippen molar-refractivity contribution in [3.05, 3.63) is 84.4 Å². The Bertz CT molecular complexity index is 1180. The molecule has 3 heterocycles. The van der Waals surface area contributed by atoms with Crippen LogP contribution in [0.2, 0.25) is 0 Å². The summed E-state index contributed by atoms with van der Waals surface area (Å²) in [6, 6.07) is 22.7. The third-order valence-electron chi connectivity index (χ3n) is 5.96. The van der Waals surface area contributed by atoms with E-state index in [0.29, 0.717) is 12.5 Å². The molecule has 2 aromatic heterocycles. The van der Waals surface area contributed by atoms with Crippen LogP contribution in [0.5, 0.6) is 0 Å². The third-order valence-corrected chi connectivity index (χ3v) is 6.62. The van der Waals surface area contributed by atoms with Crippen molar-refractivity contribution < 1.29 is 0 Å². The Morgan fingerprint density at radius 3 is 2.50 bits per heavy atom. The Morgan fingerprint density at radius 2 is 1.75 bits per heavy atom. The Labute approximate surface area is 192 Å². The first-order chi connectivity index (χ1) is 15.8. The van der Waals surface area contributed by atoms with Crippen LogP contribution in [0.4, 0.5) is 5.82 Å². The lowest BCUT2D eigenvalue weighted by Crippen LogP contribution is -2.29. The van der Waals surface area contributed by atoms with Crippen molar-refractivity contribution in [1.82, 2.24) is 19.3 Å². The molecule has 0 radical (unpaired) electrons. The monoisotopic (exact) mass is 442 g/mol. The Kier molecular flexibility index (Phi) is 6.29. The average Bonchev–Trinajstić information content (AvgIpc) is 2.88. The van der Waals surface area contributed by atoms with Crippen LogP contribution in [0, 0.1) is 0 Å². The lowest BCUT2D eigenvalue weighted by molar-refractivity contribution is 0.339. The van der Waals surface area contributed by atoms with Crippen LogP contribution < -0.4 is 10.5 Å². The largest absolute Gasteiger partial charge is 0.364 e. The number of fused-ring (bicyclic) bond motifs is 1. The van der Waals surface area contributed by atoms with Crippen LogP contribution in [0.25, 0.3) is 22.0 Å². The summed E-state index contributed by atoms with van der Waals surface area (Å²) in [5.41, 5.74) is 4.23. The van der Waals surface area contributed by atoms with Crippen molar-refractivity contribution in [3.63, 3.8) is 0 Å². The maximum absolute atomic E-state index is 5.75. The van der Waals surface area contributed by atoms with Gasteiger partial charge in [-0.15, -0.1) is 0 Å². The molecule has 1 aliphatic heterocycles. The number of nitrogens with two attached hydrogens (primary N) is 1. The van der Waals surface area contributed by atoms with Gasteiger partial charge in [-0.25, -0.2) is 14.3 Å². The van der Waals surface area contributed by atoms with E-state index in [0.717, 1.165) is 65.3 Å². The molecular formula is C25H26N6S. The number of pyridine rings is 1. The summed E-state index contributed by atoms with van der Waals surface area (Å²) in [5.74, 6) is 2.11. The molecule has 1 aliphatic rings. The fourth-order valence-electron chi connectivity index (χ4n) is 4.27. The van der Waals surface area contributed by atoms with E-state index in [1.54, 1.807) is 0 Å². The highest BCUT2D eigenvalue weighted by atomic mass is 32.2. The molecule has 32 heavy (non-hydrogen) atoms. The minimum atomic E-state index is 0.332. The number of nitrogens with one attached hydrogen (secondary N) is 1. The van der Waals surface area contributed by atoms with Crippen molar-refractivity contribution in [2.75, 3.05) is 18.4 Å². The number of benzene rings is 2. The van der Waals surface area contributed by atoms with Gasteiger partial charge in [0, 0.05) is 37.3 Å². The number of nitrogens with zero attached hydrogens (tertiary/aromatic N) is 4. The van der Waals surface area contributed by atoms with Gasteiger partial charge in [-0.1, -0.05) is 48.5 Å². The van der Waals surface area contributed by atoms with E-state index >= 15 is 0 Å². The zero-order valence-corrected chi connectivity index (χ0v) is 18.6. The van der Waals surface area contributed by atoms with Crippen molar-refractivity contribution in [3.8, 4) is 11.1 Å². The van der Waals surface area contributed by atoms with E-state index in [-0.39, 0.29) is 0 Å². The van der Waals surface area contributed by atoms with Crippen molar-refractivity contribution in [1.29, 1.82) is 0 Å². The molecule has 7 heteroatoms. The topological polar surface area (TPSA) is 80.0 Å². The summed E-state index contributed by atoms with van der Waals surface area (Å²) >= 11 is 1.33. The number of piperidine rings is 1. The van der Waals surface area contributed by atoms with Gasteiger partial charge in [0.25, 0.3) is 0 Å². The number of anilines is 1. The second-order valence-electron chi connectivity index (χ2n) is 7.98. The van der Waals surface area contributed by atoms with Gasteiger partial charge < -0.3 is 5.32 Å². The predicted molar refractivity (Wildman–Crippen MR) is 132 cm³/mol. The normalized spacial score (nSPS) is 15.2. The van der Waals surface area contributed by atoms with E-state index in [4.69, 9.17) is 15.1 Å². The van der Waals surface area contributed by atoms with Crippen LogP contribution >= 0.6 is 12.1 Å². The molecule has 0 atom stereocenters. The summed E-state index contributed by atoms with van der Waals surface area (Å²) in [6.07, 6.45) is 3.83.